The number of halogens is 1. The van der Waals surface area contributed by atoms with E-state index in [2.05, 4.69) is 9.88 Å². The number of hydrogen-bond acceptors (Lipinski definition) is 6. The summed E-state index contributed by atoms with van der Waals surface area (Å²) in [6.45, 7) is 3.25. The highest BCUT2D eigenvalue weighted by atomic mass is 35.5. The number of ether oxygens (including phenoxy) is 2. The number of nitrogens with zero attached hydrogens (tertiary/aromatic N) is 3. The molecule has 0 saturated carbocycles. The van der Waals surface area contributed by atoms with Crippen molar-refractivity contribution in [2.45, 2.75) is 32.2 Å². The molecule has 0 bridgehead atoms. The van der Waals surface area contributed by atoms with Gasteiger partial charge in [-0.15, -0.1) is 0 Å². The van der Waals surface area contributed by atoms with Crippen molar-refractivity contribution in [2.75, 3.05) is 45.3 Å². The third-order valence-electron chi connectivity index (χ3n) is 6.58. The second-order valence-electron chi connectivity index (χ2n) is 8.79. The molecular weight excluding hydrogens is 484 g/mol. The molecule has 1 aliphatic rings. The zero-order valence-corrected chi connectivity index (χ0v) is 21.3. The first-order valence-electron chi connectivity index (χ1n) is 12.1. The van der Waals surface area contributed by atoms with E-state index in [4.69, 9.17) is 21.1 Å². The van der Waals surface area contributed by atoms with E-state index in [1.165, 1.54) is 18.8 Å². The van der Waals surface area contributed by atoms with E-state index < -0.39 is 5.69 Å². The first-order chi connectivity index (χ1) is 17.4. The average molecular weight is 515 g/mol. The number of rotatable bonds is 9. The predicted molar refractivity (Wildman–Crippen MR) is 141 cm³/mol. The van der Waals surface area contributed by atoms with Gasteiger partial charge in [0, 0.05) is 55.9 Å². The number of carbonyl (C=O) groups excluding carboxylic acids is 1. The van der Waals surface area contributed by atoms with Crippen molar-refractivity contribution < 1.29 is 14.3 Å². The fourth-order valence-corrected chi connectivity index (χ4v) is 4.66. The molecule has 2 heterocycles. The molecule has 36 heavy (non-hydrogen) atoms. The van der Waals surface area contributed by atoms with Gasteiger partial charge in [0.2, 0.25) is 5.91 Å². The minimum Gasteiger partial charge on any atom is -0.493 e. The van der Waals surface area contributed by atoms with Crippen LogP contribution in [0.2, 0.25) is 5.02 Å². The zero-order chi connectivity index (χ0) is 25.7. The van der Waals surface area contributed by atoms with Crippen molar-refractivity contribution in [3.05, 3.63) is 62.3 Å². The fraction of sp³-hybridized carbons (Fsp3) is 0.423. The van der Waals surface area contributed by atoms with Gasteiger partial charge in [0.25, 0.3) is 5.56 Å². The summed E-state index contributed by atoms with van der Waals surface area (Å²) in [5.41, 5.74) is 0.683. The summed E-state index contributed by atoms with van der Waals surface area (Å²) < 4.78 is 11.7. The lowest BCUT2D eigenvalue weighted by Gasteiger charge is -2.36. The van der Waals surface area contributed by atoms with Crippen LogP contribution in [0.5, 0.6) is 11.5 Å². The first-order valence-corrected chi connectivity index (χ1v) is 12.5. The molecule has 1 N–H and O–H groups in total. The van der Waals surface area contributed by atoms with Crippen LogP contribution in [-0.2, 0) is 11.3 Å². The van der Waals surface area contributed by atoms with Gasteiger partial charge in [0.15, 0.2) is 11.5 Å². The largest absolute Gasteiger partial charge is 0.493 e. The number of methoxy groups -OCH3 is 2. The highest BCUT2D eigenvalue weighted by molar-refractivity contribution is 6.30. The lowest BCUT2D eigenvalue weighted by molar-refractivity contribution is -0.131. The third-order valence-corrected chi connectivity index (χ3v) is 6.83. The molecule has 1 saturated heterocycles. The molecule has 1 aliphatic heterocycles. The predicted octanol–water partition coefficient (Wildman–Crippen LogP) is 3.27. The number of anilines is 1. The maximum absolute atomic E-state index is 12.9. The summed E-state index contributed by atoms with van der Waals surface area (Å²) in [5, 5.41) is 1.07. The summed E-state index contributed by atoms with van der Waals surface area (Å²) >= 11 is 5.97. The van der Waals surface area contributed by atoms with Crippen LogP contribution in [-0.4, -0.2) is 60.8 Å². The van der Waals surface area contributed by atoms with Crippen molar-refractivity contribution in [2.24, 2.45) is 0 Å². The Morgan fingerprint density at radius 1 is 0.944 bits per heavy atom. The number of nitrogens with one attached hydrogen (secondary N) is 1. The van der Waals surface area contributed by atoms with Crippen LogP contribution in [0.3, 0.4) is 0 Å². The zero-order valence-electron chi connectivity index (χ0n) is 20.6. The Labute approximate surface area is 214 Å². The summed E-state index contributed by atoms with van der Waals surface area (Å²) in [4.78, 5) is 45.0. The summed E-state index contributed by atoms with van der Waals surface area (Å²) in [6, 6.07) is 10.9. The quantitative estimate of drug-likeness (QED) is 0.440. The molecule has 3 aromatic rings. The van der Waals surface area contributed by atoms with Gasteiger partial charge in [0.05, 0.1) is 25.1 Å². The lowest BCUT2D eigenvalue weighted by Crippen LogP contribution is -2.48. The van der Waals surface area contributed by atoms with E-state index in [-0.39, 0.29) is 18.0 Å². The minimum atomic E-state index is -0.464. The van der Waals surface area contributed by atoms with Gasteiger partial charge in [-0.1, -0.05) is 18.0 Å². The average Bonchev–Trinajstić information content (AvgIpc) is 2.89. The Morgan fingerprint density at radius 2 is 1.61 bits per heavy atom. The van der Waals surface area contributed by atoms with Gasteiger partial charge in [-0.3, -0.25) is 14.2 Å². The van der Waals surface area contributed by atoms with Gasteiger partial charge in [-0.25, -0.2) is 4.79 Å². The second kappa shape index (κ2) is 11.5. The molecule has 10 heteroatoms. The van der Waals surface area contributed by atoms with Crippen LogP contribution >= 0.6 is 11.6 Å². The van der Waals surface area contributed by atoms with E-state index in [9.17, 15) is 14.4 Å². The molecular formula is C26H31ClN4O5. The van der Waals surface area contributed by atoms with Gasteiger partial charge >= 0.3 is 5.69 Å². The normalized spacial score (nSPS) is 13.8. The topological polar surface area (TPSA) is 96.9 Å². The second-order valence-corrected chi connectivity index (χ2v) is 9.23. The first kappa shape index (κ1) is 25.6. The molecule has 1 amide bonds. The number of benzene rings is 2. The molecule has 192 valence electrons. The number of hydrogen-bond donors (Lipinski definition) is 1. The van der Waals surface area contributed by atoms with Crippen LogP contribution in [0.1, 0.15) is 25.7 Å². The molecule has 1 fully saturated rings. The number of H-pyrrole nitrogens is 1. The van der Waals surface area contributed by atoms with Crippen molar-refractivity contribution in [1.82, 2.24) is 14.5 Å². The number of amides is 1. The van der Waals surface area contributed by atoms with E-state index >= 15 is 0 Å². The van der Waals surface area contributed by atoms with Gasteiger partial charge in [-0.2, -0.15) is 0 Å². The fourth-order valence-electron chi connectivity index (χ4n) is 4.53. The molecule has 0 atom stereocenters. The Balaban J connectivity index is 1.26. The number of aromatic nitrogens is 2. The highest BCUT2D eigenvalue weighted by Gasteiger charge is 2.21. The van der Waals surface area contributed by atoms with Gasteiger partial charge < -0.3 is 24.3 Å². The number of carbonyl (C=O) groups is 1. The van der Waals surface area contributed by atoms with Crippen LogP contribution in [0.25, 0.3) is 10.9 Å². The van der Waals surface area contributed by atoms with Crippen molar-refractivity contribution in [1.29, 1.82) is 0 Å². The summed E-state index contributed by atoms with van der Waals surface area (Å²) in [6.07, 6.45) is 2.54. The molecule has 4 rings (SSSR count). The van der Waals surface area contributed by atoms with E-state index in [0.717, 1.165) is 25.2 Å². The van der Waals surface area contributed by atoms with Crippen molar-refractivity contribution in [3.63, 3.8) is 0 Å². The molecule has 9 nitrogen and oxygen atoms in total. The number of unbranched alkanes of at least 4 members (excludes halogenated alkanes) is 2. The van der Waals surface area contributed by atoms with Crippen LogP contribution < -0.4 is 25.6 Å². The monoisotopic (exact) mass is 514 g/mol. The SMILES string of the molecule is COc1cc2[nH]c(=O)n(CCCCCC(=O)N3CCN(c4ccc(Cl)cc4)CC3)c(=O)c2cc1OC. The lowest BCUT2D eigenvalue weighted by atomic mass is 10.1. The Bertz CT molecular complexity index is 1330. The highest BCUT2D eigenvalue weighted by Crippen LogP contribution is 2.29. The molecule has 0 spiro atoms. The van der Waals surface area contributed by atoms with Crippen LogP contribution in [0.15, 0.2) is 46.0 Å². The molecule has 0 aliphatic carbocycles. The Kier molecular flexibility index (Phi) is 8.20. The van der Waals surface area contributed by atoms with E-state index in [1.807, 2.05) is 29.2 Å². The summed E-state index contributed by atoms with van der Waals surface area (Å²) in [5.74, 6) is 1.01. The van der Waals surface area contributed by atoms with E-state index in [1.54, 1.807) is 12.1 Å². The van der Waals surface area contributed by atoms with Crippen LogP contribution in [0.4, 0.5) is 5.69 Å². The molecule has 2 aromatic carbocycles. The molecule has 0 radical (unpaired) electrons. The Hall–Kier alpha value is -3.46. The Morgan fingerprint density at radius 3 is 2.28 bits per heavy atom. The van der Waals surface area contributed by atoms with Crippen LogP contribution in [0, 0.1) is 0 Å². The summed E-state index contributed by atoms with van der Waals surface area (Å²) in [7, 11) is 2.99. The van der Waals surface area contributed by atoms with Gasteiger partial charge in [0.1, 0.15) is 0 Å². The molecule has 1 aromatic heterocycles. The van der Waals surface area contributed by atoms with Crippen molar-refractivity contribution in [3.8, 4) is 11.5 Å². The smallest absolute Gasteiger partial charge is 0.328 e. The third kappa shape index (κ3) is 5.67. The van der Waals surface area contributed by atoms with E-state index in [0.29, 0.717) is 59.8 Å². The number of aromatic amines is 1. The maximum Gasteiger partial charge on any atom is 0.328 e. The standard InChI is InChI=1S/C26H31ClN4O5/c1-35-22-16-20-21(17-23(22)36-2)28-26(34)31(25(20)33)11-5-3-4-6-24(32)30-14-12-29(13-15-30)19-9-7-18(27)8-10-19/h7-10,16-17H,3-6,11-15H2,1-2H3,(H,28,34). The number of piperazine rings is 1. The van der Waals surface area contributed by atoms with Gasteiger partial charge in [-0.05, 0) is 43.2 Å². The van der Waals surface area contributed by atoms with Crippen molar-refractivity contribution >= 4 is 34.1 Å². The molecule has 0 unspecified atom stereocenters. The minimum absolute atomic E-state index is 0.146. The maximum atomic E-state index is 12.9. The number of fused-ring (bicyclic) bond motifs is 1.